The van der Waals surface area contributed by atoms with Gasteiger partial charge >= 0.3 is 0 Å². The summed E-state index contributed by atoms with van der Waals surface area (Å²) in [6.07, 6.45) is 3.92. The van der Waals surface area contributed by atoms with Gasteiger partial charge in [0.15, 0.2) is 0 Å². The molecular formula is C48H33N3. The van der Waals surface area contributed by atoms with E-state index in [1.807, 2.05) is 12.4 Å². The smallest absolute Gasteiger partial charge is 0.0724 e. The van der Waals surface area contributed by atoms with E-state index in [9.17, 15) is 0 Å². The maximum absolute atomic E-state index is 4.57. The van der Waals surface area contributed by atoms with Crippen molar-refractivity contribution in [3.63, 3.8) is 0 Å². The van der Waals surface area contributed by atoms with Crippen molar-refractivity contribution >= 4 is 71.2 Å². The highest BCUT2D eigenvalue weighted by Gasteiger charge is 2.36. The third kappa shape index (κ3) is 3.86. The van der Waals surface area contributed by atoms with Gasteiger partial charge in [-0.05, 0) is 104 Å². The van der Waals surface area contributed by atoms with Gasteiger partial charge < -0.3 is 9.47 Å². The van der Waals surface area contributed by atoms with E-state index in [0.29, 0.717) is 0 Å². The molecule has 51 heavy (non-hydrogen) atoms. The zero-order valence-electron chi connectivity index (χ0n) is 28.4. The molecule has 11 rings (SSSR count). The lowest BCUT2D eigenvalue weighted by atomic mass is 9.82. The van der Waals surface area contributed by atoms with Crippen molar-refractivity contribution in [2.75, 3.05) is 4.90 Å². The molecule has 8 aromatic carbocycles. The molecule has 0 saturated carbocycles. The predicted molar refractivity (Wildman–Crippen MR) is 215 cm³/mol. The van der Waals surface area contributed by atoms with Crippen LogP contribution >= 0.6 is 0 Å². The van der Waals surface area contributed by atoms with Gasteiger partial charge in [0.05, 0.1) is 22.9 Å². The molecule has 0 amide bonds. The van der Waals surface area contributed by atoms with Gasteiger partial charge in [-0.15, -0.1) is 0 Å². The first-order valence-electron chi connectivity index (χ1n) is 17.7. The molecule has 0 atom stereocenters. The van der Waals surface area contributed by atoms with Crippen LogP contribution in [0.15, 0.2) is 164 Å². The second-order valence-electron chi connectivity index (χ2n) is 14.4. The highest BCUT2D eigenvalue weighted by Crippen LogP contribution is 2.52. The third-order valence-corrected chi connectivity index (χ3v) is 11.4. The monoisotopic (exact) mass is 651 g/mol. The molecule has 1 aliphatic carbocycles. The van der Waals surface area contributed by atoms with E-state index in [2.05, 4.69) is 180 Å². The van der Waals surface area contributed by atoms with Gasteiger partial charge in [0, 0.05) is 44.8 Å². The van der Waals surface area contributed by atoms with E-state index < -0.39 is 0 Å². The fraction of sp³-hybridized carbons (Fsp3) is 0.0625. The molecule has 2 aromatic heterocycles. The van der Waals surface area contributed by atoms with E-state index in [-0.39, 0.29) is 5.41 Å². The number of rotatable bonds is 4. The highest BCUT2D eigenvalue weighted by molar-refractivity contribution is 6.34. The summed E-state index contributed by atoms with van der Waals surface area (Å²) in [5.41, 5.74) is 12.3. The Balaban J connectivity index is 1.20. The van der Waals surface area contributed by atoms with Crippen LogP contribution in [-0.2, 0) is 5.41 Å². The summed E-state index contributed by atoms with van der Waals surface area (Å²) in [6, 6.07) is 55.9. The zero-order chi connectivity index (χ0) is 33.8. The molecule has 0 N–H and O–H groups in total. The highest BCUT2D eigenvalue weighted by atomic mass is 15.1. The molecule has 0 saturated heterocycles. The fourth-order valence-electron chi connectivity index (χ4n) is 9.10. The number of para-hydroxylation sites is 2. The number of hydrogen-bond acceptors (Lipinski definition) is 2. The van der Waals surface area contributed by atoms with E-state index >= 15 is 0 Å². The van der Waals surface area contributed by atoms with Gasteiger partial charge in [0.1, 0.15) is 0 Å². The average molecular weight is 652 g/mol. The molecule has 0 radical (unpaired) electrons. The Morgan fingerprint density at radius 1 is 0.510 bits per heavy atom. The summed E-state index contributed by atoms with van der Waals surface area (Å²) in [6.45, 7) is 4.71. The molecule has 0 spiro atoms. The van der Waals surface area contributed by atoms with Crippen LogP contribution in [0.3, 0.4) is 0 Å². The Labute approximate surface area is 296 Å². The number of aromatic nitrogens is 2. The molecule has 0 aliphatic heterocycles. The maximum atomic E-state index is 4.57. The van der Waals surface area contributed by atoms with Crippen LogP contribution in [0.5, 0.6) is 0 Å². The molecule has 0 unspecified atom stereocenters. The number of pyridine rings is 1. The zero-order valence-corrected chi connectivity index (χ0v) is 28.4. The molecule has 0 fully saturated rings. The Hall–Kier alpha value is -6.45. The minimum Gasteiger partial charge on any atom is -0.310 e. The Bertz CT molecular complexity index is 2990. The Morgan fingerprint density at radius 3 is 2.08 bits per heavy atom. The lowest BCUT2D eigenvalue weighted by molar-refractivity contribution is 0.660. The largest absolute Gasteiger partial charge is 0.310 e. The first-order valence-corrected chi connectivity index (χ1v) is 17.7. The van der Waals surface area contributed by atoms with E-state index in [1.165, 1.54) is 76.5 Å². The van der Waals surface area contributed by atoms with E-state index in [1.54, 1.807) is 0 Å². The van der Waals surface area contributed by atoms with Crippen LogP contribution in [0.1, 0.15) is 25.0 Å². The van der Waals surface area contributed by atoms with Crippen LogP contribution in [0.25, 0.3) is 70.9 Å². The molecule has 3 heteroatoms. The Kier molecular flexibility index (Phi) is 5.73. The normalized spacial score (nSPS) is 13.5. The predicted octanol–water partition coefficient (Wildman–Crippen LogP) is 12.9. The summed E-state index contributed by atoms with van der Waals surface area (Å²) in [5.74, 6) is 0. The molecule has 10 aromatic rings. The summed E-state index contributed by atoms with van der Waals surface area (Å²) < 4.78 is 2.36. The molecular weight excluding hydrogens is 619 g/mol. The van der Waals surface area contributed by atoms with Crippen LogP contribution in [-0.4, -0.2) is 9.55 Å². The topological polar surface area (TPSA) is 21.1 Å². The van der Waals surface area contributed by atoms with E-state index in [4.69, 9.17) is 0 Å². The summed E-state index contributed by atoms with van der Waals surface area (Å²) in [7, 11) is 0. The fourth-order valence-corrected chi connectivity index (χ4v) is 9.10. The average Bonchev–Trinajstić information content (AvgIpc) is 3.63. The number of nitrogens with zero attached hydrogens (tertiary/aromatic N) is 3. The van der Waals surface area contributed by atoms with Crippen molar-refractivity contribution in [3.8, 4) is 16.8 Å². The molecule has 2 heterocycles. The van der Waals surface area contributed by atoms with Crippen molar-refractivity contribution in [2.45, 2.75) is 19.3 Å². The molecule has 0 bridgehead atoms. The molecule has 3 nitrogen and oxygen atoms in total. The Morgan fingerprint density at radius 2 is 1.22 bits per heavy atom. The number of fused-ring (bicyclic) bond motifs is 7. The van der Waals surface area contributed by atoms with Crippen LogP contribution in [0, 0.1) is 0 Å². The standard InChI is InChI=1S/C48H33N3/c1-48(2)40-16-10-9-15-35(40)36-23-20-34(28-41(36)48)50(32-11-5-3-6-12-32)42-24-19-30-17-22-39-46-31(18-21-37(42)45(30)46)27-43-47(39)38-25-26-49-29-44(38)51(43)33-13-7-4-8-14-33/h3-29H,1-2H3. The van der Waals surface area contributed by atoms with Gasteiger partial charge in [-0.2, -0.15) is 0 Å². The lowest BCUT2D eigenvalue weighted by Gasteiger charge is -2.29. The van der Waals surface area contributed by atoms with Gasteiger partial charge in [-0.1, -0.05) is 111 Å². The first kappa shape index (κ1) is 28.4. The summed E-state index contributed by atoms with van der Waals surface area (Å²) in [5, 5.41) is 10.1. The second kappa shape index (κ2) is 10.3. The SMILES string of the molecule is CC1(C)c2ccccc2-c2ccc(N(c3ccccc3)c3ccc4ccc5c6c(ccc3c46)cc3c5c4ccncc4n3-c3ccccc3)cc21. The second-order valence-corrected chi connectivity index (χ2v) is 14.4. The first-order chi connectivity index (χ1) is 25.1. The van der Waals surface area contributed by atoms with Crippen molar-refractivity contribution in [3.05, 3.63) is 175 Å². The van der Waals surface area contributed by atoms with Crippen LogP contribution in [0.4, 0.5) is 17.1 Å². The minimum atomic E-state index is -0.0905. The van der Waals surface area contributed by atoms with Crippen molar-refractivity contribution in [2.24, 2.45) is 0 Å². The molecule has 1 aliphatic rings. The third-order valence-electron chi connectivity index (χ3n) is 11.4. The van der Waals surface area contributed by atoms with Crippen molar-refractivity contribution in [1.82, 2.24) is 9.55 Å². The summed E-state index contributed by atoms with van der Waals surface area (Å²) >= 11 is 0. The summed E-state index contributed by atoms with van der Waals surface area (Å²) in [4.78, 5) is 7.02. The van der Waals surface area contributed by atoms with Gasteiger partial charge in [0.2, 0.25) is 0 Å². The molecule has 240 valence electrons. The lowest BCUT2D eigenvalue weighted by Crippen LogP contribution is -2.16. The number of hydrogen-bond donors (Lipinski definition) is 0. The van der Waals surface area contributed by atoms with Gasteiger partial charge in [-0.25, -0.2) is 0 Å². The maximum Gasteiger partial charge on any atom is 0.0724 e. The van der Waals surface area contributed by atoms with E-state index in [0.717, 1.165) is 22.6 Å². The van der Waals surface area contributed by atoms with Crippen molar-refractivity contribution in [1.29, 1.82) is 0 Å². The van der Waals surface area contributed by atoms with Gasteiger partial charge in [0.25, 0.3) is 0 Å². The van der Waals surface area contributed by atoms with Crippen LogP contribution < -0.4 is 4.90 Å². The quantitative estimate of drug-likeness (QED) is 0.177. The number of benzene rings is 8. The number of anilines is 3. The van der Waals surface area contributed by atoms with Gasteiger partial charge in [-0.3, -0.25) is 4.98 Å². The minimum absolute atomic E-state index is 0.0905. The van der Waals surface area contributed by atoms with Crippen LogP contribution in [0.2, 0.25) is 0 Å². The van der Waals surface area contributed by atoms with Crippen molar-refractivity contribution < 1.29 is 0 Å².